The van der Waals surface area contributed by atoms with E-state index in [9.17, 15) is 13.2 Å². The van der Waals surface area contributed by atoms with Gasteiger partial charge in [0.15, 0.2) is 0 Å². The van der Waals surface area contributed by atoms with Gasteiger partial charge in [-0.1, -0.05) is 24.3 Å². The van der Waals surface area contributed by atoms with Gasteiger partial charge in [0.25, 0.3) is 0 Å². The third-order valence-electron chi connectivity index (χ3n) is 5.59. The van der Waals surface area contributed by atoms with E-state index in [2.05, 4.69) is 0 Å². The minimum atomic E-state index is -4.07. The van der Waals surface area contributed by atoms with E-state index in [1.54, 1.807) is 30.3 Å². The van der Waals surface area contributed by atoms with Crippen LogP contribution in [0.4, 0.5) is 0 Å². The lowest BCUT2D eigenvalue weighted by molar-refractivity contribution is 0.340. The Bertz CT molecular complexity index is 1470. The molecule has 0 unspecified atom stereocenters. The summed E-state index contributed by atoms with van der Waals surface area (Å²) in [4.78, 5) is 13.2. The van der Waals surface area contributed by atoms with Gasteiger partial charge in [0, 0.05) is 12.7 Å². The van der Waals surface area contributed by atoms with Crippen LogP contribution in [0.2, 0.25) is 0 Å². The molecule has 6 nitrogen and oxygen atoms in total. The van der Waals surface area contributed by atoms with Gasteiger partial charge in [0.05, 0.1) is 29.5 Å². The van der Waals surface area contributed by atoms with E-state index in [0.717, 1.165) is 11.1 Å². The summed E-state index contributed by atoms with van der Waals surface area (Å²) in [7, 11) is -2.56. The zero-order valence-electron chi connectivity index (χ0n) is 18.7. The fourth-order valence-electron chi connectivity index (χ4n) is 3.78. The number of sulfone groups is 1. The number of rotatable bonds is 7. The number of benzene rings is 3. The van der Waals surface area contributed by atoms with Crippen molar-refractivity contribution in [1.29, 1.82) is 0 Å². The zero-order chi connectivity index (χ0) is 23.6. The normalized spacial score (nSPS) is 11.5. The molecule has 0 atom stereocenters. The number of methoxy groups -OCH3 is 1. The molecule has 4 rings (SSSR count). The highest BCUT2D eigenvalue weighted by Crippen LogP contribution is 2.26. The van der Waals surface area contributed by atoms with E-state index in [1.807, 2.05) is 42.7 Å². The van der Waals surface area contributed by atoms with Crippen LogP contribution >= 0.6 is 0 Å². The number of hydrogen-bond donors (Lipinski definition) is 0. The molecule has 0 spiro atoms. The smallest absolute Gasteiger partial charge is 0.211 e. The van der Waals surface area contributed by atoms with Gasteiger partial charge in [-0.05, 0) is 67.4 Å². The molecule has 0 radical (unpaired) electrons. The monoisotopic (exact) mass is 463 g/mol. The lowest BCUT2D eigenvalue weighted by Gasteiger charge is -2.16. The Balaban J connectivity index is 1.96. The second-order valence-electron chi connectivity index (χ2n) is 7.67. The fourth-order valence-corrected chi connectivity index (χ4v) is 5.15. The van der Waals surface area contributed by atoms with Crippen molar-refractivity contribution in [2.24, 2.45) is 0 Å². The first-order chi connectivity index (χ1) is 15.8. The number of fused-ring (bicyclic) bond motifs is 1. The Morgan fingerprint density at radius 3 is 2.30 bits per heavy atom. The summed E-state index contributed by atoms with van der Waals surface area (Å²) in [5.41, 5.74) is 2.20. The molecule has 7 heteroatoms. The second kappa shape index (κ2) is 9.11. The number of aryl methyl sites for hydroxylation is 1. The molecule has 33 heavy (non-hydrogen) atoms. The summed E-state index contributed by atoms with van der Waals surface area (Å²) >= 11 is 0. The molecule has 4 aromatic rings. The third-order valence-corrected chi connectivity index (χ3v) is 7.35. The van der Waals surface area contributed by atoms with Crippen LogP contribution < -0.4 is 14.9 Å². The van der Waals surface area contributed by atoms with Gasteiger partial charge < -0.3 is 14.0 Å². The van der Waals surface area contributed by atoms with Crippen molar-refractivity contribution in [2.45, 2.75) is 30.2 Å². The molecule has 0 amide bonds. The summed E-state index contributed by atoms with van der Waals surface area (Å²) in [6.07, 6.45) is 1.44. The minimum absolute atomic E-state index is 0.0307. The van der Waals surface area contributed by atoms with E-state index in [-0.39, 0.29) is 9.79 Å². The van der Waals surface area contributed by atoms with Gasteiger partial charge in [-0.15, -0.1) is 0 Å². The van der Waals surface area contributed by atoms with Crippen LogP contribution in [-0.4, -0.2) is 26.7 Å². The summed E-state index contributed by atoms with van der Waals surface area (Å²) in [5, 5.41) is 0.295. The summed E-state index contributed by atoms with van der Waals surface area (Å²) < 4.78 is 39.5. The molecule has 0 bridgehead atoms. The van der Waals surface area contributed by atoms with Crippen LogP contribution in [0.1, 0.15) is 18.1 Å². The van der Waals surface area contributed by atoms with Gasteiger partial charge in [-0.2, -0.15) is 0 Å². The summed E-state index contributed by atoms with van der Waals surface area (Å²) in [6, 6.07) is 19.1. The SMILES string of the molecule is CCOc1ccc2c(c1)c(=O)c(S(=O)(=O)c1ccc(OC)cc1)cn2Cc1ccccc1C. The highest BCUT2D eigenvalue weighted by molar-refractivity contribution is 7.91. The second-order valence-corrected chi connectivity index (χ2v) is 9.59. The molecule has 0 aliphatic heterocycles. The van der Waals surface area contributed by atoms with E-state index in [1.165, 1.54) is 25.4 Å². The zero-order valence-corrected chi connectivity index (χ0v) is 19.6. The molecule has 1 aromatic heterocycles. The number of ether oxygens (including phenoxy) is 2. The third kappa shape index (κ3) is 4.36. The van der Waals surface area contributed by atoms with Crippen molar-refractivity contribution in [1.82, 2.24) is 4.57 Å². The van der Waals surface area contributed by atoms with Crippen molar-refractivity contribution in [3.63, 3.8) is 0 Å². The minimum Gasteiger partial charge on any atom is -0.497 e. The van der Waals surface area contributed by atoms with Crippen LogP contribution in [0.15, 0.2) is 87.5 Å². The van der Waals surface area contributed by atoms with Crippen molar-refractivity contribution < 1.29 is 17.9 Å². The van der Waals surface area contributed by atoms with Crippen molar-refractivity contribution in [3.05, 3.63) is 94.3 Å². The van der Waals surface area contributed by atoms with Gasteiger partial charge in [-0.3, -0.25) is 4.79 Å². The summed E-state index contributed by atoms with van der Waals surface area (Å²) in [5.74, 6) is 1.05. The molecule has 0 aliphatic carbocycles. The van der Waals surface area contributed by atoms with E-state index in [0.29, 0.717) is 35.6 Å². The lowest BCUT2D eigenvalue weighted by atomic mass is 10.1. The average Bonchev–Trinajstić information content (AvgIpc) is 2.82. The highest BCUT2D eigenvalue weighted by atomic mass is 32.2. The predicted molar refractivity (Wildman–Crippen MR) is 128 cm³/mol. The molecular weight excluding hydrogens is 438 g/mol. The maximum absolute atomic E-state index is 13.5. The first-order valence-corrected chi connectivity index (χ1v) is 12.1. The van der Waals surface area contributed by atoms with Crippen LogP contribution in [0.25, 0.3) is 10.9 Å². The molecule has 0 N–H and O–H groups in total. The van der Waals surface area contributed by atoms with Gasteiger partial charge in [-0.25, -0.2) is 8.42 Å². The highest BCUT2D eigenvalue weighted by Gasteiger charge is 2.24. The Kier molecular flexibility index (Phi) is 6.24. The summed E-state index contributed by atoms with van der Waals surface area (Å²) in [6.45, 7) is 4.71. The Hall–Kier alpha value is -3.58. The van der Waals surface area contributed by atoms with E-state index < -0.39 is 15.3 Å². The number of hydrogen-bond acceptors (Lipinski definition) is 5. The molecule has 0 aliphatic rings. The lowest BCUT2D eigenvalue weighted by Crippen LogP contribution is -2.20. The number of pyridine rings is 1. The molecule has 0 saturated carbocycles. The van der Waals surface area contributed by atoms with Crippen LogP contribution in [0.5, 0.6) is 11.5 Å². The maximum Gasteiger partial charge on any atom is 0.211 e. The Labute approximate surface area is 192 Å². The number of aromatic nitrogens is 1. The topological polar surface area (TPSA) is 74.6 Å². The van der Waals surface area contributed by atoms with Gasteiger partial charge in [0.1, 0.15) is 16.4 Å². The van der Waals surface area contributed by atoms with Crippen molar-refractivity contribution in [3.8, 4) is 11.5 Å². The molecular formula is C26H25NO5S. The first kappa shape index (κ1) is 22.6. The van der Waals surface area contributed by atoms with Gasteiger partial charge in [0.2, 0.25) is 15.3 Å². The average molecular weight is 464 g/mol. The molecule has 0 fully saturated rings. The largest absolute Gasteiger partial charge is 0.497 e. The van der Waals surface area contributed by atoms with Crippen LogP contribution in [0, 0.1) is 6.92 Å². The number of nitrogens with zero attached hydrogens (tertiary/aromatic N) is 1. The molecule has 170 valence electrons. The van der Waals surface area contributed by atoms with E-state index >= 15 is 0 Å². The van der Waals surface area contributed by atoms with Gasteiger partial charge >= 0.3 is 0 Å². The van der Waals surface area contributed by atoms with Crippen molar-refractivity contribution in [2.75, 3.05) is 13.7 Å². The molecule has 3 aromatic carbocycles. The Morgan fingerprint density at radius 1 is 0.939 bits per heavy atom. The molecule has 0 saturated heterocycles. The quantitative estimate of drug-likeness (QED) is 0.401. The fraction of sp³-hybridized carbons (Fsp3) is 0.192. The van der Waals surface area contributed by atoms with Crippen LogP contribution in [0.3, 0.4) is 0 Å². The van der Waals surface area contributed by atoms with Crippen molar-refractivity contribution >= 4 is 20.7 Å². The molecule has 1 heterocycles. The van der Waals surface area contributed by atoms with Crippen LogP contribution in [-0.2, 0) is 16.4 Å². The Morgan fingerprint density at radius 2 is 1.64 bits per heavy atom. The standard InChI is InChI=1S/C26H25NO5S/c1-4-32-21-11-14-24-23(15-21)26(28)25(17-27(24)16-19-8-6-5-7-18(19)2)33(29,30)22-12-9-20(31-3)10-13-22/h5-15,17H,4,16H2,1-3H3. The predicted octanol–water partition coefficient (Wildman–Crippen LogP) is 4.60. The first-order valence-electron chi connectivity index (χ1n) is 10.6. The maximum atomic E-state index is 13.5. The van der Waals surface area contributed by atoms with E-state index in [4.69, 9.17) is 9.47 Å².